The lowest BCUT2D eigenvalue weighted by atomic mass is 9.85. The molecule has 1 aliphatic carbocycles. The molecule has 0 spiro atoms. The summed E-state index contributed by atoms with van der Waals surface area (Å²) in [4.78, 5) is 25.0. The summed E-state index contributed by atoms with van der Waals surface area (Å²) in [6.45, 7) is 5.24. The normalized spacial score (nSPS) is 18.2. The van der Waals surface area contributed by atoms with Crippen molar-refractivity contribution in [3.63, 3.8) is 0 Å². The Balaban J connectivity index is 1.45. The van der Waals surface area contributed by atoms with E-state index in [0.29, 0.717) is 13.1 Å². The monoisotopic (exact) mass is 395 g/mol. The van der Waals surface area contributed by atoms with E-state index >= 15 is 0 Å². The van der Waals surface area contributed by atoms with Gasteiger partial charge in [-0.25, -0.2) is 4.79 Å². The molecule has 1 saturated carbocycles. The fourth-order valence-electron chi connectivity index (χ4n) is 3.70. The van der Waals surface area contributed by atoms with Gasteiger partial charge in [0.25, 0.3) is 0 Å². The van der Waals surface area contributed by atoms with Gasteiger partial charge in [0.05, 0.1) is 6.54 Å². The van der Waals surface area contributed by atoms with E-state index in [4.69, 9.17) is 5.11 Å². The molecule has 0 bridgehead atoms. The molecule has 154 valence electrons. The van der Waals surface area contributed by atoms with E-state index in [-0.39, 0.29) is 24.7 Å². The summed E-state index contributed by atoms with van der Waals surface area (Å²) in [5.41, 5.74) is 4.56. The Kier molecular flexibility index (Phi) is 6.88. The Bertz CT molecular complexity index is 845. The Morgan fingerprint density at radius 3 is 2.48 bits per heavy atom. The van der Waals surface area contributed by atoms with Crippen molar-refractivity contribution >= 4 is 12.0 Å². The lowest BCUT2D eigenvalue weighted by Gasteiger charge is -2.42. The first-order valence-corrected chi connectivity index (χ1v) is 10.1. The number of amides is 2. The fraction of sp³-hybridized carbons (Fsp3) is 0.391. The van der Waals surface area contributed by atoms with Crippen molar-refractivity contribution in [2.45, 2.75) is 45.3 Å². The minimum absolute atomic E-state index is 0.0530. The van der Waals surface area contributed by atoms with Gasteiger partial charge in [-0.05, 0) is 49.1 Å². The van der Waals surface area contributed by atoms with Crippen LogP contribution in [0.1, 0.15) is 30.9 Å². The van der Waals surface area contributed by atoms with E-state index in [2.05, 4.69) is 54.0 Å². The number of aliphatic carboxylic acids is 1. The maximum atomic E-state index is 12.2. The highest BCUT2D eigenvalue weighted by Crippen LogP contribution is 2.25. The maximum absolute atomic E-state index is 12.2. The van der Waals surface area contributed by atoms with Gasteiger partial charge in [0.2, 0.25) is 0 Å². The number of carboxylic acids is 1. The first-order chi connectivity index (χ1) is 13.9. The number of aryl methyl sites for hydroxylation is 1. The van der Waals surface area contributed by atoms with Crippen LogP contribution in [0.2, 0.25) is 0 Å². The maximum Gasteiger partial charge on any atom is 0.317 e. The number of hydrogen-bond acceptors (Lipinski definition) is 3. The van der Waals surface area contributed by atoms with Gasteiger partial charge in [-0.2, -0.15) is 0 Å². The molecule has 2 aromatic carbocycles. The number of hydrogen-bond donors (Lipinski definition) is 3. The molecule has 0 aromatic heterocycles. The van der Waals surface area contributed by atoms with Crippen LogP contribution in [0, 0.1) is 6.92 Å². The van der Waals surface area contributed by atoms with Gasteiger partial charge < -0.3 is 15.7 Å². The molecule has 3 N–H and O–H groups in total. The minimum Gasteiger partial charge on any atom is -0.480 e. The van der Waals surface area contributed by atoms with Gasteiger partial charge >= 0.3 is 12.0 Å². The summed E-state index contributed by atoms with van der Waals surface area (Å²) in [7, 11) is 0. The van der Waals surface area contributed by atoms with Crippen LogP contribution in [0.25, 0.3) is 11.1 Å². The second kappa shape index (κ2) is 9.56. The minimum atomic E-state index is -0.811. The van der Waals surface area contributed by atoms with Gasteiger partial charge in [-0.1, -0.05) is 55.0 Å². The lowest BCUT2D eigenvalue weighted by Crippen LogP contribution is -2.56. The van der Waals surface area contributed by atoms with Gasteiger partial charge in [0.15, 0.2) is 0 Å². The summed E-state index contributed by atoms with van der Waals surface area (Å²) >= 11 is 0. The zero-order valence-corrected chi connectivity index (χ0v) is 17.0. The third-order valence-corrected chi connectivity index (χ3v) is 5.47. The molecular weight excluding hydrogens is 366 g/mol. The molecule has 0 unspecified atom stereocenters. The highest BCUT2D eigenvalue weighted by Gasteiger charge is 2.34. The molecule has 0 heterocycles. The number of carbonyl (C=O) groups excluding carboxylic acids is 1. The molecule has 2 aromatic rings. The van der Waals surface area contributed by atoms with Crippen LogP contribution in [0.15, 0.2) is 48.5 Å². The Labute approximate surface area is 171 Å². The van der Waals surface area contributed by atoms with Crippen LogP contribution in [-0.2, 0) is 11.3 Å². The van der Waals surface area contributed by atoms with E-state index in [1.54, 1.807) is 0 Å². The Morgan fingerprint density at radius 2 is 1.83 bits per heavy atom. The van der Waals surface area contributed by atoms with Gasteiger partial charge in [0.1, 0.15) is 0 Å². The van der Waals surface area contributed by atoms with Crippen molar-refractivity contribution < 1.29 is 14.7 Å². The molecule has 6 heteroatoms. The zero-order valence-electron chi connectivity index (χ0n) is 17.0. The molecule has 1 aliphatic rings. The number of likely N-dealkylation sites (N-methyl/N-ethyl adjacent to an activating group) is 1. The Hall–Kier alpha value is -2.86. The summed E-state index contributed by atoms with van der Waals surface area (Å²) < 4.78 is 0. The number of nitrogens with zero attached hydrogens (tertiary/aromatic N) is 1. The van der Waals surface area contributed by atoms with Gasteiger partial charge in [0, 0.05) is 18.6 Å². The second-order valence-corrected chi connectivity index (χ2v) is 7.67. The van der Waals surface area contributed by atoms with Crippen LogP contribution >= 0.6 is 0 Å². The van der Waals surface area contributed by atoms with E-state index in [1.165, 1.54) is 5.56 Å². The summed E-state index contributed by atoms with van der Waals surface area (Å²) in [6.07, 6.45) is 1.58. The molecule has 2 amide bonds. The van der Waals surface area contributed by atoms with Crippen molar-refractivity contribution in [1.82, 2.24) is 15.5 Å². The Morgan fingerprint density at radius 1 is 1.10 bits per heavy atom. The second-order valence-electron chi connectivity index (χ2n) is 7.67. The molecule has 1 fully saturated rings. The highest BCUT2D eigenvalue weighted by atomic mass is 16.4. The molecular formula is C23H29N3O3. The number of benzene rings is 2. The van der Waals surface area contributed by atoms with Crippen LogP contribution in [-0.4, -0.2) is 47.2 Å². The molecule has 6 nitrogen and oxygen atoms in total. The number of carbonyl (C=O) groups is 2. The van der Waals surface area contributed by atoms with Crippen molar-refractivity contribution in [2.24, 2.45) is 0 Å². The van der Waals surface area contributed by atoms with Gasteiger partial charge in [-0.3, -0.25) is 9.69 Å². The van der Waals surface area contributed by atoms with E-state index in [9.17, 15) is 9.59 Å². The zero-order chi connectivity index (χ0) is 20.8. The quantitative estimate of drug-likeness (QED) is 0.640. The predicted octanol–water partition coefficient (Wildman–Crippen LogP) is 3.40. The van der Waals surface area contributed by atoms with Crippen LogP contribution < -0.4 is 10.6 Å². The molecule has 0 aliphatic heterocycles. The molecule has 0 atom stereocenters. The number of rotatable bonds is 8. The number of carboxylic acid groups (broad SMARTS) is 1. The lowest BCUT2D eigenvalue weighted by molar-refractivity contribution is -0.139. The summed E-state index contributed by atoms with van der Waals surface area (Å²) in [6, 6.07) is 16.7. The average Bonchev–Trinajstić information content (AvgIpc) is 2.68. The third kappa shape index (κ3) is 5.81. The van der Waals surface area contributed by atoms with Crippen molar-refractivity contribution in [2.75, 3.05) is 13.1 Å². The SMILES string of the molecule is CCN(CC(=O)O)C1CC(NC(=O)NCc2cccc(-c3ccc(C)cc3)c2)C1. The topological polar surface area (TPSA) is 81.7 Å². The molecule has 0 radical (unpaired) electrons. The van der Waals surface area contributed by atoms with Gasteiger partial charge in [-0.15, -0.1) is 0 Å². The van der Waals surface area contributed by atoms with E-state index in [1.807, 2.05) is 24.0 Å². The van der Waals surface area contributed by atoms with Crippen LogP contribution in [0.5, 0.6) is 0 Å². The van der Waals surface area contributed by atoms with Crippen molar-refractivity contribution in [1.29, 1.82) is 0 Å². The predicted molar refractivity (Wildman–Crippen MR) is 114 cm³/mol. The number of nitrogens with one attached hydrogen (secondary N) is 2. The van der Waals surface area contributed by atoms with Crippen LogP contribution in [0.3, 0.4) is 0 Å². The summed E-state index contributed by atoms with van der Waals surface area (Å²) in [5.74, 6) is -0.811. The largest absolute Gasteiger partial charge is 0.480 e. The van der Waals surface area contributed by atoms with Crippen molar-refractivity contribution in [3.8, 4) is 11.1 Å². The highest BCUT2D eigenvalue weighted by molar-refractivity contribution is 5.74. The average molecular weight is 396 g/mol. The molecule has 3 rings (SSSR count). The first kappa shape index (κ1) is 20.9. The standard InChI is InChI=1S/C23H29N3O3/c1-3-26(15-22(27)28)21-12-20(13-21)25-23(29)24-14-17-5-4-6-19(11-17)18-9-7-16(2)8-10-18/h4-11,20-21H,3,12-15H2,1-2H3,(H,27,28)(H2,24,25,29). The smallest absolute Gasteiger partial charge is 0.317 e. The molecule has 0 saturated heterocycles. The fourth-order valence-corrected chi connectivity index (χ4v) is 3.70. The van der Waals surface area contributed by atoms with E-state index < -0.39 is 5.97 Å². The number of urea groups is 1. The van der Waals surface area contributed by atoms with Crippen molar-refractivity contribution in [3.05, 3.63) is 59.7 Å². The summed E-state index contributed by atoms with van der Waals surface area (Å²) in [5, 5.41) is 14.9. The molecule has 29 heavy (non-hydrogen) atoms. The first-order valence-electron chi connectivity index (χ1n) is 10.1. The van der Waals surface area contributed by atoms with Crippen LogP contribution in [0.4, 0.5) is 4.79 Å². The third-order valence-electron chi connectivity index (χ3n) is 5.47. The van der Waals surface area contributed by atoms with E-state index in [0.717, 1.165) is 29.5 Å².